The Bertz CT molecular complexity index is 844. The summed E-state index contributed by atoms with van der Waals surface area (Å²) in [5, 5.41) is 6.29. The molecule has 5 heteroatoms. The first kappa shape index (κ1) is 19.2. The van der Waals surface area contributed by atoms with Gasteiger partial charge in [-0.05, 0) is 74.6 Å². The Morgan fingerprint density at radius 1 is 0.963 bits per heavy atom. The molecule has 0 bridgehead atoms. The highest BCUT2D eigenvalue weighted by Crippen LogP contribution is 2.19. The minimum absolute atomic E-state index is 0.117. The highest BCUT2D eigenvalue weighted by Gasteiger charge is 2.10. The monoisotopic (exact) mass is 382 g/mol. The van der Waals surface area contributed by atoms with E-state index in [4.69, 9.17) is 11.6 Å². The van der Waals surface area contributed by atoms with Gasteiger partial charge in [-0.15, -0.1) is 0 Å². The van der Waals surface area contributed by atoms with Crippen LogP contribution in [0.5, 0.6) is 0 Å². The highest BCUT2D eigenvalue weighted by molar-refractivity contribution is 6.31. The first-order valence-electron chi connectivity index (χ1n) is 9.25. The van der Waals surface area contributed by atoms with E-state index < -0.39 is 0 Å². The highest BCUT2D eigenvalue weighted by atomic mass is 35.5. The van der Waals surface area contributed by atoms with Crippen molar-refractivity contribution in [2.24, 2.45) is 0 Å². The van der Waals surface area contributed by atoms with E-state index in [0.717, 1.165) is 19.3 Å². The van der Waals surface area contributed by atoms with Crippen LogP contribution in [0.4, 0.5) is 5.69 Å². The Kier molecular flexibility index (Phi) is 6.66. The molecule has 1 aliphatic carbocycles. The number of hydrogen-bond acceptors (Lipinski definition) is 2. The Hall–Kier alpha value is -2.59. The van der Waals surface area contributed by atoms with Crippen molar-refractivity contribution in [2.75, 3.05) is 11.9 Å². The second-order valence-electron chi connectivity index (χ2n) is 6.66. The quantitative estimate of drug-likeness (QED) is 0.673. The van der Waals surface area contributed by atoms with Gasteiger partial charge in [0.2, 0.25) is 0 Å². The molecule has 2 amide bonds. The Morgan fingerprint density at radius 3 is 2.37 bits per heavy atom. The number of anilines is 1. The van der Waals surface area contributed by atoms with Crippen LogP contribution in [-0.4, -0.2) is 18.4 Å². The van der Waals surface area contributed by atoms with Crippen molar-refractivity contribution in [3.63, 3.8) is 0 Å². The predicted octanol–water partition coefficient (Wildman–Crippen LogP) is 5.21. The molecule has 0 atom stereocenters. The number of rotatable bonds is 6. The molecule has 0 spiro atoms. The van der Waals surface area contributed by atoms with Crippen LogP contribution in [0, 0.1) is 0 Å². The zero-order chi connectivity index (χ0) is 19.1. The van der Waals surface area contributed by atoms with Crippen LogP contribution in [0.1, 0.15) is 52.8 Å². The minimum atomic E-state index is -0.242. The molecular weight excluding hydrogens is 360 g/mol. The zero-order valence-electron chi connectivity index (χ0n) is 15.1. The molecule has 0 saturated heterocycles. The molecule has 0 heterocycles. The summed E-state index contributed by atoms with van der Waals surface area (Å²) >= 11 is 5.92. The molecule has 3 rings (SSSR count). The number of nitrogens with one attached hydrogen (secondary N) is 2. The molecular formula is C22H23ClN2O2. The summed E-state index contributed by atoms with van der Waals surface area (Å²) in [6, 6.07) is 13.6. The van der Waals surface area contributed by atoms with Gasteiger partial charge in [-0.1, -0.05) is 29.3 Å². The normalized spacial score (nSPS) is 13.6. The molecule has 2 aromatic rings. The number of carbonyl (C=O) groups is 2. The first-order valence-corrected chi connectivity index (χ1v) is 9.63. The van der Waals surface area contributed by atoms with Crippen molar-refractivity contribution < 1.29 is 9.59 Å². The molecule has 140 valence electrons. The molecule has 27 heavy (non-hydrogen) atoms. The molecule has 0 fully saturated rings. The largest absolute Gasteiger partial charge is 0.352 e. The van der Waals surface area contributed by atoms with Gasteiger partial charge in [0.15, 0.2) is 0 Å². The van der Waals surface area contributed by atoms with E-state index in [1.165, 1.54) is 18.4 Å². The number of hydrogen-bond donors (Lipinski definition) is 2. The summed E-state index contributed by atoms with van der Waals surface area (Å²) in [7, 11) is 0. The number of amides is 2. The van der Waals surface area contributed by atoms with E-state index >= 15 is 0 Å². The third-order valence-corrected chi connectivity index (χ3v) is 4.84. The summed E-state index contributed by atoms with van der Waals surface area (Å²) < 4.78 is 0. The lowest BCUT2D eigenvalue weighted by Gasteiger charge is -2.13. The van der Waals surface area contributed by atoms with Gasteiger partial charge >= 0.3 is 0 Å². The lowest BCUT2D eigenvalue weighted by Crippen LogP contribution is -2.25. The van der Waals surface area contributed by atoms with E-state index in [1.54, 1.807) is 48.5 Å². The third kappa shape index (κ3) is 5.69. The first-order chi connectivity index (χ1) is 13.1. The molecule has 2 aromatic carbocycles. The van der Waals surface area contributed by atoms with E-state index in [1.807, 2.05) is 0 Å². The van der Waals surface area contributed by atoms with Gasteiger partial charge in [0.25, 0.3) is 11.8 Å². The zero-order valence-corrected chi connectivity index (χ0v) is 15.9. The Labute approximate surface area is 164 Å². The van der Waals surface area contributed by atoms with Gasteiger partial charge in [-0.25, -0.2) is 0 Å². The fourth-order valence-electron chi connectivity index (χ4n) is 3.11. The van der Waals surface area contributed by atoms with Crippen LogP contribution in [0.2, 0.25) is 5.02 Å². The second-order valence-corrected chi connectivity index (χ2v) is 7.09. The molecule has 0 saturated carbocycles. The maximum Gasteiger partial charge on any atom is 0.255 e. The molecule has 0 aromatic heterocycles. The molecule has 1 aliphatic rings. The number of benzene rings is 2. The molecule has 2 N–H and O–H groups in total. The van der Waals surface area contributed by atoms with E-state index in [9.17, 15) is 9.59 Å². The lowest BCUT2D eigenvalue weighted by atomic mass is 9.97. The van der Waals surface area contributed by atoms with Crippen LogP contribution in [-0.2, 0) is 0 Å². The van der Waals surface area contributed by atoms with Crippen LogP contribution in [0.25, 0.3) is 0 Å². The Morgan fingerprint density at radius 2 is 1.70 bits per heavy atom. The minimum Gasteiger partial charge on any atom is -0.352 e. The average Bonchev–Trinajstić information content (AvgIpc) is 2.69. The van der Waals surface area contributed by atoms with Crippen LogP contribution in [0.15, 0.2) is 60.2 Å². The van der Waals surface area contributed by atoms with Crippen molar-refractivity contribution in [1.82, 2.24) is 5.32 Å². The maximum atomic E-state index is 12.3. The number of carbonyl (C=O) groups excluding carboxylic acids is 2. The van der Waals surface area contributed by atoms with Gasteiger partial charge in [0.05, 0.1) is 0 Å². The van der Waals surface area contributed by atoms with Crippen molar-refractivity contribution in [1.29, 1.82) is 0 Å². The van der Waals surface area contributed by atoms with Crippen molar-refractivity contribution in [3.05, 3.63) is 76.3 Å². The van der Waals surface area contributed by atoms with Crippen LogP contribution in [0.3, 0.4) is 0 Å². The van der Waals surface area contributed by atoms with Crippen molar-refractivity contribution in [3.8, 4) is 0 Å². The summed E-state index contributed by atoms with van der Waals surface area (Å²) in [6.45, 7) is 0.641. The topological polar surface area (TPSA) is 58.2 Å². The molecule has 0 aliphatic heterocycles. The molecule has 4 nitrogen and oxygen atoms in total. The van der Waals surface area contributed by atoms with Gasteiger partial charge in [-0.3, -0.25) is 9.59 Å². The third-order valence-electron chi connectivity index (χ3n) is 4.61. The second kappa shape index (κ2) is 9.38. The predicted molar refractivity (Wildman–Crippen MR) is 109 cm³/mol. The summed E-state index contributed by atoms with van der Waals surface area (Å²) in [4.78, 5) is 24.5. The summed E-state index contributed by atoms with van der Waals surface area (Å²) in [5.41, 5.74) is 3.10. The van der Waals surface area contributed by atoms with Crippen LogP contribution < -0.4 is 10.6 Å². The van der Waals surface area contributed by atoms with E-state index in [2.05, 4.69) is 16.7 Å². The fraction of sp³-hybridized carbons (Fsp3) is 0.273. The summed E-state index contributed by atoms with van der Waals surface area (Å²) in [6.07, 6.45) is 8.02. The Balaban J connectivity index is 1.52. The van der Waals surface area contributed by atoms with Crippen molar-refractivity contribution in [2.45, 2.75) is 32.1 Å². The number of halogens is 1. The molecule has 0 unspecified atom stereocenters. The van der Waals surface area contributed by atoms with Gasteiger partial charge in [-0.2, -0.15) is 0 Å². The molecule has 0 radical (unpaired) electrons. The van der Waals surface area contributed by atoms with E-state index in [-0.39, 0.29) is 11.8 Å². The summed E-state index contributed by atoms with van der Waals surface area (Å²) in [5.74, 6) is -0.360. The van der Waals surface area contributed by atoms with E-state index in [0.29, 0.717) is 28.4 Å². The fourth-order valence-corrected chi connectivity index (χ4v) is 3.30. The SMILES string of the molecule is O=C(NCCC1=CCCCC1)c1ccc(C(=O)Nc2cccc(Cl)c2)cc1. The van der Waals surface area contributed by atoms with Gasteiger partial charge in [0.1, 0.15) is 0 Å². The average molecular weight is 383 g/mol. The van der Waals surface area contributed by atoms with Crippen LogP contribution >= 0.6 is 11.6 Å². The standard InChI is InChI=1S/C22H23ClN2O2/c23-19-7-4-8-20(15-19)25-22(27)18-11-9-17(10-12-18)21(26)24-14-13-16-5-2-1-3-6-16/h4-5,7-12,15H,1-3,6,13-14H2,(H,24,26)(H,25,27). The van der Waals surface area contributed by atoms with Gasteiger partial charge < -0.3 is 10.6 Å². The number of allylic oxidation sites excluding steroid dienone is 1. The van der Waals surface area contributed by atoms with Gasteiger partial charge in [0, 0.05) is 28.4 Å². The smallest absolute Gasteiger partial charge is 0.255 e. The maximum absolute atomic E-state index is 12.3. The lowest BCUT2D eigenvalue weighted by molar-refractivity contribution is 0.0952. The van der Waals surface area contributed by atoms with Crippen molar-refractivity contribution >= 4 is 29.1 Å².